The Morgan fingerprint density at radius 2 is 1.89 bits per heavy atom. The summed E-state index contributed by atoms with van der Waals surface area (Å²) in [7, 11) is 1.41. The number of phenolic OH excluding ortho intramolecular Hbond substituents is 1. The summed E-state index contributed by atoms with van der Waals surface area (Å²) < 4.78 is 6.58. The quantitative estimate of drug-likeness (QED) is 0.449. The van der Waals surface area contributed by atoms with E-state index in [1.54, 1.807) is 24.3 Å². The van der Waals surface area contributed by atoms with Crippen LogP contribution in [0.25, 0.3) is 0 Å². The lowest BCUT2D eigenvalue weighted by atomic mass is 9.83. The number of rotatable bonds is 5. The highest BCUT2D eigenvalue weighted by Gasteiger charge is 2.53. The van der Waals surface area contributed by atoms with Gasteiger partial charge in [0, 0.05) is 16.5 Å². The number of nitrogens with one attached hydrogen (secondary N) is 2. The predicted octanol–water partition coefficient (Wildman–Crippen LogP) is 2.45. The zero-order valence-corrected chi connectivity index (χ0v) is 20.4. The number of aromatic hydroxyl groups is 1. The van der Waals surface area contributed by atoms with Gasteiger partial charge < -0.3 is 15.2 Å². The van der Waals surface area contributed by atoms with E-state index in [0.29, 0.717) is 21.2 Å². The van der Waals surface area contributed by atoms with Crippen LogP contribution in [0.1, 0.15) is 21.9 Å². The molecule has 180 valence electrons. The molecule has 2 aromatic carbocycles. The van der Waals surface area contributed by atoms with E-state index in [-0.39, 0.29) is 28.8 Å². The average Bonchev–Trinajstić information content (AvgIpc) is 3.29. The number of thiazole rings is 1. The standard InChI is InChI=1S/C24H21N3O6S2/c1-11-3-6-13(7-4-11)25-16(29)10-27-23-20(35-24(27)32)17(12-5-8-14(28)15(9-12)33-2)18-19(34-23)22(31)26-21(18)30/h3-9,17-19,28H,10H2,1-2H3,(H,25,29)(H,26,30,31)/t17-,18?,19?/m0/s1. The second-order valence-electron chi connectivity index (χ2n) is 8.36. The van der Waals surface area contributed by atoms with Crippen LogP contribution >= 0.6 is 23.1 Å². The van der Waals surface area contributed by atoms with Crippen molar-refractivity contribution in [3.05, 3.63) is 68.1 Å². The lowest BCUT2D eigenvalue weighted by molar-refractivity contribution is -0.126. The number of ether oxygens (including phenoxy) is 1. The van der Waals surface area contributed by atoms with Crippen LogP contribution in [-0.2, 0) is 20.9 Å². The normalized spacial score (nSPS) is 20.7. The number of phenols is 1. The van der Waals surface area contributed by atoms with Crippen LogP contribution < -0.4 is 20.2 Å². The van der Waals surface area contributed by atoms with E-state index in [1.807, 2.05) is 19.1 Å². The molecule has 9 nitrogen and oxygen atoms in total. The molecule has 0 bridgehead atoms. The number of thioether (sulfide) groups is 1. The van der Waals surface area contributed by atoms with Gasteiger partial charge in [0.25, 0.3) is 0 Å². The second kappa shape index (κ2) is 8.90. The van der Waals surface area contributed by atoms with Crippen molar-refractivity contribution in [1.82, 2.24) is 9.88 Å². The number of imide groups is 1. The van der Waals surface area contributed by atoms with Gasteiger partial charge in [-0.1, -0.05) is 46.9 Å². The Hall–Kier alpha value is -3.57. The first-order valence-electron chi connectivity index (χ1n) is 10.7. The van der Waals surface area contributed by atoms with Crippen LogP contribution in [0.15, 0.2) is 52.3 Å². The van der Waals surface area contributed by atoms with E-state index in [4.69, 9.17) is 4.74 Å². The lowest BCUT2D eigenvalue weighted by Crippen LogP contribution is -2.32. The second-order valence-corrected chi connectivity index (χ2v) is 10.5. The molecular weight excluding hydrogens is 490 g/mol. The first-order valence-corrected chi connectivity index (χ1v) is 12.4. The van der Waals surface area contributed by atoms with E-state index in [1.165, 1.54) is 17.7 Å². The summed E-state index contributed by atoms with van der Waals surface area (Å²) in [6.07, 6.45) is 0. The maximum Gasteiger partial charge on any atom is 0.308 e. The third-order valence-corrected chi connectivity index (χ3v) is 8.70. The molecular formula is C24H21N3O6S2. The molecule has 2 aliphatic rings. The lowest BCUT2D eigenvalue weighted by Gasteiger charge is -2.31. The van der Waals surface area contributed by atoms with E-state index < -0.39 is 28.9 Å². The van der Waals surface area contributed by atoms with Crippen molar-refractivity contribution in [1.29, 1.82) is 0 Å². The number of fused-ring (bicyclic) bond motifs is 2. The topological polar surface area (TPSA) is 127 Å². The molecule has 35 heavy (non-hydrogen) atoms. The van der Waals surface area contributed by atoms with Gasteiger partial charge >= 0.3 is 4.87 Å². The number of hydrogen-bond acceptors (Lipinski definition) is 8. The molecule has 3 amide bonds. The fourth-order valence-electron chi connectivity index (χ4n) is 4.40. The molecule has 1 fully saturated rings. The summed E-state index contributed by atoms with van der Waals surface area (Å²) in [5.74, 6) is -2.43. The summed E-state index contributed by atoms with van der Waals surface area (Å²) >= 11 is 2.08. The van der Waals surface area contributed by atoms with Gasteiger partial charge in [-0.2, -0.15) is 0 Å². The molecule has 3 aromatic rings. The van der Waals surface area contributed by atoms with Gasteiger partial charge in [-0.3, -0.25) is 29.1 Å². The highest BCUT2D eigenvalue weighted by molar-refractivity contribution is 8.00. The molecule has 0 spiro atoms. The minimum Gasteiger partial charge on any atom is -0.504 e. The Morgan fingerprint density at radius 3 is 2.60 bits per heavy atom. The van der Waals surface area contributed by atoms with Crippen LogP contribution in [0.2, 0.25) is 0 Å². The number of amides is 3. The molecule has 2 unspecified atom stereocenters. The summed E-state index contributed by atoms with van der Waals surface area (Å²) in [6.45, 7) is 1.71. The highest BCUT2D eigenvalue weighted by atomic mass is 32.2. The Bertz CT molecular complexity index is 1410. The number of aryl methyl sites for hydroxylation is 1. The van der Waals surface area contributed by atoms with Gasteiger partial charge in [0.05, 0.1) is 18.1 Å². The van der Waals surface area contributed by atoms with Crippen LogP contribution in [0.3, 0.4) is 0 Å². The van der Waals surface area contributed by atoms with Gasteiger partial charge in [0.1, 0.15) is 11.8 Å². The minimum absolute atomic E-state index is 0.0660. The largest absolute Gasteiger partial charge is 0.504 e. The average molecular weight is 512 g/mol. The smallest absolute Gasteiger partial charge is 0.308 e. The van der Waals surface area contributed by atoms with Crippen LogP contribution in [0.5, 0.6) is 11.5 Å². The highest BCUT2D eigenvalue weighted by Crippen LogP contribution is 2.52. The third kappa shape index (κ3) is 4.10. The van der Waals surface area contributed by atoms with Crippen molar-refractivity contribution in [3.8, 4) is 11.5 Å². The van der Waals surface area contributed by atoms with E-state index >= 15 is 0 Å². The molecule has 2 aliphatic heterocycles. The maximum atomic E-state index is 13.0. The van der Waals surface area contributed by atoms with Gasteiger partial charge in [-0.15, -0.1) is 0 Å². The molecule has 0 aliphatic carbocycles. The summed E-state index contributed by atoms with van der Waals surface area (Å²) in [5.41, 5.74) is 2.29. The van der Waals surface area contributed by atoms with Crippen LogP contribution in [0, 0.1) is 12.8 Å². The fraction of sp³-hybridized carbons (Fsp3) is 0.250. The fourth-order valence-corrected chi connectivity index (χ4v) is 7.14. The van der Waals surface area contributed by atoms with Gasteiger partial charge in [-0.25, -0.2) is 0 Å². The van der Waals surface area contributed by atoms with Crippen molar-refractivity contribution in [2.45, 2.75) is 29.7 Å². The number of carbonyl (C=O) groups is 3. The summed E-state index contributed by atoms with van der Waals surface area (Å²) in [5, 5.41) is 15.0. The van der Waals surface area contributed by atoms with E-state index in [9.17, 15) is 24.3 Å². The molecule has 1 saturated heterocycles. The number of nitrogens with zero attached hydrogens (tertiary/aromatic N) is 1. The zero-order valence-electron chi connectivity index (χ0n) is 18.7. The van der Waals surface area contributed by atoms with Crippen molar-refractivity contribution in [2.75, 3.05) is 12.4 Å². The molecule has 11 heteroatoms. The number of hydrogen-bond donors (Lipinski definition) is 3. The van der Waals surface area contributed by atoms with E-state index in [2.05, 4.69) is 10.6 Å². The molecule has 0 radical (unpaired) electrons. The van der Waals surface area contributed by atoms with Crippen molar-refractivity contribution in [2.24, 2.45) is 5.92 Å². The molecule has 3 heterocycles. The Morgan fingerprint density at radius 1 is 1.14 bits per heavy atom. The Labute approximate surface area is 208 Å². The Balaban J connectivity index is 1.55. The van der Waals surface area contributed by atoms with Crippen LogP contribution in [0.4, 0.5) is 5.69 Å². The summed E-state index contributed by atoms with van der Waals surface area (Å²) in [6, 6.07) is 12.0. The predicted molar refractivity (Wildman–Crippen MR) is 131 cm³/mol. The molecule has 5 rings (SSSR count). The maximum absolute atomic E-state index is 13.0. The van der Waals surface area contributed by atoms with E-state index in [0.717, 1.165) is 28.7 Å². The number of anilines is 1. The first kappa shape index (κ1) is 23.2. The Kier molecular flexibility index (Phi) is 5.89. The molecule has 1 aromatic heterocycles. The van der Waals surface area contributed by atoms with Crippen molar-refractivity contribution in [3.63, 3.8) is 0 Å². The minimum atomic E-state index is -0.750. The van der Waals surface area contributed by atoms with Crippen molar-refractivity contribution >= 4 is 46.5 Å². The molecule has 3 atom stereocenters. The third-order valence-electron chi connectivity index (χ3n) is 6.09. The molecule has 3 N–H and O–H groups in total. The number of methoxy groups -OCH3 is 1. The zero-order chi connectivity index (χ0) is 24.9. The molecule has 0 saturated carbocycles. The number of benzene rings is 2. The monoisotopic (exact) mass is 511 g/mol. The van der Waals surface area contributed by atoms with Crippen molar-refractivity contribution < 1.29 is 24.2 Å². The van der Waals surface area contributed by atoms with Gasteiger partial charge in [0.2, 0.25) is 17.7 Å². The first-order chi connectivity index (χ1) is 16.8. The number of aromatic nitrogens is 1. The number of carbonyl (C=O) groups excluding carboxylic acids is 3. The van der Waals surface area contributed by atoms with Crippen LogP contribution in [-0.4, -0.2) is 39.8 Å². The summed E-state index contributed by atoms with van der Waals surface area (Å²) in [4.78, 5) is 51.4. The van der Waals surface area contributed by atoms with Gasteiger partial charge in [-0.05, 0) is 36.8 Å². The van der Waals surface area contributed by atoms with Gasteiger partial charge in [0.15, 0.2) is 11.5 Å². The SMILES string of the molecule is COc1cc([C@@H]2c3sc(=O)n(CC(=O)Nc4ccc(C)cc4)c3SC3C(=O)NC(=O)C32)ccc1O.